The van der Waals surface area contributed by atoms with Gasteiger partial charge in [0.2, 0.25) is 5.91 Å². The molecular formula is C42H51IN8O4. The molecule has 3 aliphatic heterocycles. The van der Waals surface area contributed by atoms with Crippen molar-refractivity contribution in [3.63, 3.8) is 0 Å². The fourth-order valence-electron chi connectivity index (χ4n) is 9.21. The van der Waals surface area contributed by atoms with E-state index in [4.69, 9.17) is 9.97 Å². The number of anilines is 3. The van der Waals surface area contributed by atoms with Crippen molar-refractivity contribution in [3.05, 3.63) is 65.5 Å². The number of piperidine rings is 2. The number of amides is 3. The van der Waals surface area contributed by atoms with Gasteiger partial charge in [-0.3, -0.25) is 14.4 Å². The average Bonchev–Trinajstić information content (AvgIpc) is 3.69. The van der Waals surface area contributed by atoms with E-state index in [0.29, 0.717) is 43.4 Å². The molecule has 1 unspecified atom stereocenters. The topological polar surface area (TPSA) is 136 Å². The Balaban J connectivity index is 1.18. The van der Waals surface area contributed by atoms with Crippen LogP contribution in [0.1, 0.15) is 91.3 Å². The highest BCUT2D eigenvalue weighted by molar-refractivity contribution is 14.1. The second-order valence-corrected chi connectivity index (χ2v) is 18.2. The van der Waals surface area contributed by atoms with Crippen LogP contribution in [-0.4, -0.2) is 98.1 Å². The van der Waals surface area contributed by atoms with E-state index in [2.05, 4.69) is 72.7 Å². The van der Waals surface area contributed by atoms with Gasteiger partial charge in [0, 0.05) is 54.7 Å². The highest BCUT2D eigenvalue weighted by Crippen LogP contribution is 2.52. The number of likely N-dealkylation sites (tertiary alicyclic amines) is 2. The van der Waals surface area contributed by atoms with Crippen LogP contribution in [0.3, 0.4) is 0 Å². The molecule has 1 atom stereocenters. The number of rotatable bonds is 8. The van der Waals surface area contributed by atoms with E-state index in [1.165, 1.54) is 33.1 Å². The Morgan fingerprint density at radius 3 is 2.40 bits per heavy atom. The third kappa shape index (κ3) is 6.69. The number of imidazole rings is 1. The first-order valence-electron chi connectivity index (χ1n) is 19.6. The van der Waals surface area contributed by atoms with Gasteiger partial charge in [0.1, 0.15) is 11.1 Å². The lowest BCUT2D eigenvalue weighted by atomic mass is 9.73. The number of carbonyl (C=O) groups is 3. The molecule has 0 bridgehead atoms. The standard InChI is InChI=1S/C42H51IN8O4/c1-25-9-11-28(20-31(25)38(52)44-5)46-37-36-34(45-24-50(36)26(2)43)23-33(47-37)27-10-12-32-35(19-27)51(30-21-29(22-30)48-15-7-6-8-16-48)40(54)42(32)13-17-49(18-14-42)39(53)41(3,4)55/h9-12,19-20,23-24,26,29-30,55H,6-8,13-18,21-22H2,1-5H3,(H,44,52)(H,46,47). The number of alkyl halides is 1. The summed E-state index contributed by atoms with van der Waals surface area (Å²) in [5, 5.41) is 16.7. The molecule has 3 amide bonds. The van der Waals surface area contributed by atoms with Crippen LogP contribution in [0.15, 0.2) is 48.8 Å². The van der Waals surface area contributed by atoms with Crippen molar-refractivity contribution in [2.75, 3.05) is 43.4 Å². The molecule has 2 saturated heterocycles. The quantitative estimate of drug-likeness (QED) is 0.136. The third-order valence-electron chi connectivity index (χ3n) is 12.4. The number of carbonyl (C=O) groups excluding carboxylic acids is 3. The van der Waals surface area contributed by atoms with Crippen LogP contribution in [0.4, 0.5) is 17.2 Å². The highest BCUT2D eigenvalue weighted by Gasteiger charge is 2.56. The molecule has 0 radical (unpaired) electrons. The van der Waals surface area contributed by atoms with Crippen molar-refractivity contribution in [3.8, 4) is 11.3 Å². The molecule has 290 valence electrons. The van der Waals surface area contributed by atoms with Crippen molar-refractivity contribution >= 4 is 68.5 Å². The second-order valence-electron chi connectivity index (χ2n) is 16.4. The molecule has 8 rings (SSSR count). The highest BCUT2D eigenvalue weighted by atomic mass is 127. The monoisotopic (exact) mass is 858 g/mol. The molecule has 55 heavy (non-hydrogen) atoms. The number of benzene rings is 2. The molecule has 2 aromatic heterocycles. The maximum absolute atomic E-state index is 14.9. The number of aliphatic hydroxyl groups is 1. The summed E-state index contributed by atoms with van der Waals surface area (Å²) < 4.78 is 2.19. The number of pyridine rings is 1. The summed E-state index contributed by atoms with van der Waals surface area (Å²) in [6.07, 6.45) is 8.53. The maximum atomic E-state index is 14.9. The van der Waals surface area contributed by atoms with E-state index in [9.17, 15) is 19.5 Å². The van der Waals surface area contributed by atoms with Gasteiger partial charge < -0.3 is 35.0 Å². The normalized spacial score (nSPS) is 21.8. The zero-order valence-corrected chi connectivity index (χ0v) is 34.5. The van der Waals surface area contributed by atoms with Crippen LogP contribution in [0.5, 0.6) is 0 Å². The summed E-state index contributed by atoms with van der Waals surface area (Å²) in [6.45, 7) is 10.2. The van der Waals surface area contributed by atoms with E-state index < -0.39 is 11.0 Å². The van der Waals surface area contributed by atoms with Gasteiger partial charge in [0.25, 0.3) is 11.8 Å². The predicted molar refractivity (Wildman–Crippen MR) is 223 cm³/mol. The molecule has 3 fully saturated rings. The van der Waals surface area contributed by atoms with E-state index in [1.54, 1.807) is 11.9 Å². The largest absolute Gasteiger partial charge is 0.381 e. The number of hydrogen-bond acceptors (Lipinski definition) is 8. The smallest absolute Gasteiger partial charge is 0.253 e. The lowest BCUT2D eigenvalue weighted by Crippen LogP contribution is -2.59. The zero-order valence-electron chi connectivity index (χ0n) is 32.4. The van der Waals surface area contributed by atoms with Gasteiger partial charge in [-0.2, -0.15) is 0 Å². The first-order chi connectivity index (χ1) is 26.3. The molecule has 4 aromatic rings. The Morgan fingerprint density at radius 2 is 1.73 bits per heavy atom. The molecule has 1 aliphatic carbocycles. The van der Waals surface area contributed by atoms with E-state index in [0.717, 1.165) is 70.7 Å². The Labute approximate surface area is 336 Å². The number of aromatic nitrogens is 3. The molecule has 13 heteroatoms. The maximum Gasteiger partial charge on any atom is 0.253 e. The summed E-state index contributed by atoms with van der Waals surface area (Å²) in [5.41, 5.74) is 5.20. The number of aryl methyl sites for hydroxylation is 1. The summed E-state index contributed by atoms with van der Waals surface area (Å²) in [7, 11) is 1.63. The first-order valence-corrected chi connectivity index (χ1v) is 20.9. The second kappa shape index (κ2) is 14.5. The molecule has 5 heterocycles. The average molecular weight is 859 g/mol. The summed E-state index contributed by atoms with van der Waals surface area (Å²) in [4.78, 5) is 57.1. The lowest BCUT2D eigenvalue weighted by molar-refractivity contribution is -0.150. The van der Waals surface area contributed by atoms with Crippen LogP contribution >= 0.6 is 22.6 Å². The van der Waals surface area contributed by atoms with Crippen LogP contribution < -0.4 is 15.5 Å². The Hall–Kier alpha value is -4.08. The summed E-state index contributed by atoms with van der Waals surface area (Å²) in [6, 6.07) is 14.6. The van der Waals surface area contributed by atoms with Gasteiger partial charge in [-0.25, -0.2) is 9.97 Å². The van der Waals surface area contributed by atoms with Gasteiger partial charge in [-0.15, -0.1) is 0 Å². The Bertz CT molecular complexity index is 2160. The van der Waals surface area contributed by atoms with Crippen molar-refractivity contribution in [1.82, 2.24) is 29.7 Å². The molecule has 3 N–H and O–H groups in total. The molecule has 1 spiro atoms. The summed E-state index contributed by atoms with van der Waals surface area (Å²) in [5.74, 6) is 0.294. The van der Waals surface area contributed by atoms with Crippen LogP contribution in [0, 0.1) is 6.92 Å². The third-order valence-corrected chi connectivity index (χ3v) is 13.0. The minimum absolute atomic E-state index is 0.104. The minimum Gasteiger partial charge on any atom is -0.381 e. The Morgan fingerprint density at radius 1 is 1.00 bits per heavy atom. The first kappa shape index (κ1) is 37.8. The van der Waals surface area contributed by atoms with E-state index in [-0.39, 0.29) is 27.8 Å². The SMILES string of the molecule is CNC(=O)c1cc(Nc2nc(-c3ccc4c(c3)N(C3CC(N5CCCCC5)C3)C(=O)C43CCN(C(=O)C(C)(C)O)CC3)cc3ncn(C(C)I)c23)ccc1C. The van der Waals surface area contributed by atoms with Crippen molar-refractivity contribution in [1.29, 1.82) is 0 Å². The van der Waals surface area contributed by atoms with Crippen LogP contribution in [-0.2, 0) is 15.0 Å². The number of hydrogen-bond donors (Lipinski definition) is 3. The fraction of sp³-hybridized carbons (Fsp3) is 0.500. The van der Waals surface area contributed by atoms with Gasteiger partial charge in [-0.1, -0.05) is 47.2 Å². The molecule has 2 aromatic carbocycles. The summed E-state index contributed by atoms with van der Waals surface area (Å²) >= 11 is 2.37. The van der Waals surface area contributed by atoms with Crippen LogP contribution in [0.2, 0.25) is 0 Å². The number of halogens is 1. The van der Waals surface area contributed by atoms with Gasteiger partial charge >= 0.3 is 0 Å². The van der Waals surface area contributed by atoms with Gasteiger partial charge in [0.15, 0.2) is 5.82 Å². The minimum atomic E-state index is -1.46. The van der Waals surface area contributed by atoms with Crippen molar-refractivity contribution < 1.29 is 19.5 Å². The molecule has 4 aliphatic rings. The van der Waals surface area contributed by atoms with Crippen molar-refractivity contribution in [2.45, 2.75) is 99.8 Å². The van der Waals surface area contributed by atoms with Crippen molar-refractivity contribution in [2.24, 2.45) is 0 Å². The number of nitrogens with one attached hydrogen (secondary N) is 2. The number of fused-ring (bicyclic) bond motifs is 3. The Kier molecular flexibility index (Phi) is 9.94. The van der Waals surface area contributed by atoms with E-state index in [1.807, 2.05) is 37.5 Å². The van der Waals surface area contributed by atoms with Gasteiger partial charge in [0.05, 0.1) is 27.0 Å². The van der Waals surface area contributed by atoms with Gasteiger partial charge in [-0.05, 0) is 115 Å². The fourth-order valence-corrected chi connectivity index (χ4v) is 9.63. The van der Waals surface area contributed by atoms with E-state index >= 15 is 0 Å². The zero-order chi connectivity index (χ0) is 38.8. The number of nitrogens with zero attached hydrogens (tertiary/aromatic N) is 6. The predicted octanol–water partition coefficient (Wildman–Crippen LogP) is 6.46. The molecule has 1 saturated carbocycles. The van der Waals surface area contributed by atoms with Crippen LogP contribution in [0.25, 0.3) is 22.3 Å². The lowest BCUT2D eigenvalue weighted by Gasteiger charge is -2.48. The molecule has 12 nitrogen and oxygen atoms in total. The molecular weight excluding hydrogens is 807 g/mol.